The van der Waals surface area contributed by atoms with Gasteiger partial charge in [-0.1, -0.05) is 13.8 Å². The molecule has 0 saturated carbocycles. The third kappa shape index (κ3) is 4.34. The average Bonchev–Trinajstić information content (AvgIpc) is 2.04. The summed E-state index contributed by atoms with van der Waals surface area (Å²) in [7, 11) is 1.80. The molecule has 0 aromatic carbocycles. The monoisotopic (exact) mass is 172 g/mol. The number of rotatable bonds is 6. The van der Waals surface area contributed by atoms with Crippen molar-refractivity contribution in [3.63, 3.8) is 0 Å². The molecule has 0 aromatic rings. The maximum atomic E-state index is 11.4. The van der Waals surface area contributed by atoms with Crippen LogP contribution in [0.25, 0.3) is 0 Å². The first-order valence-electron chi connectivity index (χ1n) is 4.68. The van der Waals surface area contributed by atoms with Crippen LogP contribution in [0.4, 0.5) is 0 Å². The minimum atomic E-state index is 0.209. The number of hydrogen-bond donors (Lipinski definition) is 1. The summed E-state index contributed by atoms with van der Waals surface area (Å²) in [6.07, 6.45) is 2.07. The first-order chi connectivity index (χ1) is 5.76. The van der Waals surface area contributed by atoms with E-state index in [0.717, 1.165) is 25.9 Å². The Labute approximate surface area is 75.1 Å². The van der Waals surface area contributed by atoms with Gasteiger partial charge in [0.05, 0.1) is 6.54 Å². The Hall–Kier alpha value is -0.570. The van der Waals surface area contributed by atoms with Gasteiger partial charge in [0.15, 0.2) is 0 Å². The minimum absolute atomic E-state index is 0.209. The lowest BCUT2D eigenvalue weighted by atomic mass is 10.3. The molecule has 0 heterocycles. The molecule has 0 bridgehead atoms. The topological polar surface area (TPSA) is 32.3 Å². The van der Waals surface area contributed by atoms with Crippen LogP contribution in [0.3, 0.4) is 0 Å². The van der Waals surface area contributed by atoms with Crippen molar-refractivity contribution < 1.29 is 4.79 Å². The van der Waals surface area contributed by atoms with Gasteiger partial charge in [-0.3, -0.25) is 4.79 Å². The molecule has 0 saturated heterocycles. The highest BCUT2D eigenvalue weighted by Crippen LogP contribution is 1.94. The highest BCUT2D eigenvalue weighted by atomic mass is 16.2. The average molecular weight is 172 g/mol. The van der Waals surface area contributed by atoms with Crippen LogP contribution in [0.1, 0.15) is 26.7 Å². The Morgan fingerprint density at radius 2 is 1.75 bits per heavy atom. The van der Waals surface area contributed by atoms with E-state index in [0.29, 0.717) is 6.54 Å². The summed E-state index contributed by atoms with van der Waals surface area (Å²) in [5.74, 6) is 0.209. The summed E-state index contributed by atoms with van der Waals surface area (Å²) in [4.78, 5) is 13.3. The van der Waals surface area contributed by atoms with E-state index in [1.54, 1.807) is 7.05 Å². The largest absolute Gasteiger partial charge is 0.342 e. The van der Waals surface area contributed by atoms with Crippen molar-refractivity contribution in [1.82, 2.24) is 10.2 Å². The molecule has 12 heavy (non-hydrogen) atoms. The van der Waals surface area contributed by atoms with E-state index in [1.807, 2.05) is 4.90 Å². The quantitative estimate of drug-likeness (QED) is 0.644. The van der Waals surface area contributed by atoms with E-state index in [1.165, 1.54) is 0 Å². The Balaban J connectivity index is 3.81. The minimum Gasteiger partial charge on any atom is -0.342 e. The van der Waals surface area contributed by atoms with Gasteiger partial charge in [0.1, 0.15) is 0 Å². The van der Waals surface area contributed by atoms with E-state index in [-0.39, 0.29) is 5.91 Å². The fraction of sp³-hybridized carbons (Fsp3) is 0.889. The first kappa shape index (κ1) is 11.4. The normalized spacial score (nSPS) is 9.92. The lowest BCUT2D eigenvalue weighted by Gasteiger charge is -2.21. The molecule has 3 heteroatoms. The fourth-order valence-electron chi connectivity index (χ4n) is 1.16. The molecule has 3 nitrogen and oxygen atoms in total. The van der Waals surface area contributed by atoms with E-state index >= 15 is 0 Å². The highest BCUT2D eigenvalue weighted by Gasteiger charge is 2.09. The lowest BCUT2D eigenvalue weighted by Crippen LogP contribution is -2.38. The van der Waals surface area contributed by atoms with Gasteiger partial charge in [-0.15, -0.1) is 0 Å². The van der Waals surface area contributed by atoms with Crippen molar-refractivity contribution in [3.8, 4) is 0 Å². The molecule has 72 valence electrons. The van der Waals surface area contributed by atoms with Gasteiger partial charge in [-0.25, -0.2) is 0 Å². The molecule has 0 radical (unpaired) electrons. The van der Waals surface area contributed by atoms with Crippen molar-refractivity contribution in [2.45, 2.75) is 26.7 Å². The van der Waals surface area contributed by atoms with Crippen LogP contribution in [0, 0.1) is 0 Å². The predicted molar refractivity (Wildman–Crippen MR) is 51.1 cm³/mol. The standard InChI is InChI=1S/C9H20N2O/c1-4-6-11(7-5-2)9(12)8-10-3/h10H,4-8H2,1-3H3. The Morgan fingerprint density at radius 3 is 2.08 bits per heavy atom. The fourth-order valence-corrected chi connectivity index (χ4v) is 1.16. The van der Waals surface area contributed by atoms with E-state index in [4.69, 9.17) is 0 Å². The Bertz CT molecular complexity index is 120. The van der Waals surface area contributed by atoms with Gasteiger partial charge >= 0.3 is 0 Å². The second kappa shape index (κ2) is 7.10. The summed E-state index contributed by atoms with van der Waals surface area (Å²) in [6, 6.07) is 0. The van der Waals surface area contributed by atoms with Gasteiger partial charge in [-0.2, -0.15) is 0 Å². The lowest BCUT2D eigenvalue weighted by molar-refractivity contribution is -0.130. The SMILES string of the molecule is CCCN(CCC)C(=O)CNC. The van der Waals surface area contributed by atoms with Gasteiger partial charge in [0, 0.05) is 13.1 Å². The molecule has 0 rings (SSSR count). The molecule has 0 fully saturated rings. The number of carbonyl (C=O) groups is 1. The van der Waals surface area contributed by atoms with Crippen LogP contribution in [0.5, 0.6) is 0 Å². The number of hydrogen-bond acceptors (Lipinski definition) is 2. The molecule has 0 unspecified atom stereocenters. The van der Waals surface area contributed by atoms with Crippen LogP contribution in [-0.4, -0.2) is 37.5 Å². The number of nitrogens with zero attached hydrogens (tertiary/aromatic N) is 1. The molecule has 0 aromatic heterocycles. The van der Waals surface area contributed by atoms with Crippen LogP contribution >= 0.6 is 0 Å². The van der Waals surface area contributed by atoms with Crippen molar-refractivity contribution in [3.05, 3.63) is 0 Å². The third-order valence-electron chi connectivity index (χ3n) is 1.67. The van der Waals surface area contributed by atoms with Gasteiger partial charge in [0.2, 0.25) is 5.91 Å². The first-order valence-corrected chi connectivity index (χ1v) is 4.68. The molecule has 1 N–H and O–H groups in total. The molecule has 0 aliphatic carbocycles. The zero-order chi connectivity index (χ0) is 9.40. The number of carbonyl (C=O) groups excluding carboxylic acids is 1. The van der Waals surface area contributed by atoms with E-state index in [9.17, 15) is 4.79 Å². The van der Waals surface area contributed by atoms with Gasteiger partial charge < -0.3 is 10.2 Å². The number of likely N-dealkylation sites (N-methyl/N-ethyl adjacent to an activating group) is 1. The third-order valence-corrected chi connectivity index (χ3v) is 1.67. The van der Waals surface area contributed by atoms with Crippen molar-refractivity contribution >= 4 is 5.91 Å². The summed E-state index contributed by atoms with van der Waals surface area (Å²) >= 11 is 0. The Kier molecular flexibility index (Phi) is 6.76. The second-order valence-corrected chi connectivity index (χ2v) is 2.91. The predicted octanol–water partition coefficient (Wildman–Crippen LogP) is 0.854. The van der Waals surface area contributed by atoms with Crippen molar-refractivity contribution in [2.75, 3.05) is 26.7 Å². The highest BCUT2D eigenvalue weighted by molar-refractivity contribution is 5.78. The second-order valence-electron chi connectivity index (χ2n) is 2.91. The summed E-state index contributed by atoms with van der Waals surface area (Å²) in [5, 5.41) is 2.87. The van der Waals surface area contributed by atoms with E-state index in [2.05, 4.69) is 19.2 Å². The zero-order valence-corrected chi connectivity index (χ0v) is 8.39. The van der Waals surface area contributed by atoms with Crippen molar-refractivity contribution in [1.29, 1.82) is 0 Å². The van der Waals surface area contributed by atoms with E-state index < -0.39 is 0 Å². The van der Waals surface area contributed by atoms with Crippen molar-refractivity contribution in [2.24, 2.45) is 0 Å². The van der Waals surface area contributed by atoms with Crippen LogP contribution < -0.4 is 5.32 Å². The number of nitrogens with one attached hydrogen (secondary N) is 1. The number of amides is 1. The maximum absolute atomic E-state index is 11.4. The maximum Gasteiger partial charge on any atom is 0.236 e. The van der Waals surface area contributed by atoms with Gasteiger partial charge in [0.25, 0.3) is 0 Å². The van der Waals surface area contributed by atoms with Crippen LogP contribution in [0.2, 0.25) is 0 Å². The molecular formula is C9H20N2O. The summed E-state index contributed by atoms with van der Waals surface area (Å²) in [6.45, 7) is 6.41. The summed E-state index contributed by atoms with van der Waals surface area (Å²) in [5.41, 5.74) is 0. The smallest absolute Gasteiger partial charge is 0.236 e. The molecule has 0 aliphatic rings. The molecule has 0 aliphatic heterocycles. The van der Waals surface area contributed by atoms with Crippen LogP contribution in [0.15, 0.2) is 0 Å². The molecular weight excluding hydrogens is 152 g/mol. The molecule has 0 spiro atoms. The zero-order valence-electron chi connectivity index (χ0n) is 8.39. The van der Waals surface area contributed by atoms with Crippen LogP contribution in [-0.2, 0) is 4.79 Å². The van der Waals surface area contributed by atoms with Gasteiger partial charge in [-0.05, 0) is 19.9 Å². The molecule has 1 amide bonds. The summed E-state index contributed by atoms with van der Waals surface area (Å²) < 4.78 is 0. The molecule has 0 atom stereocenters. The Morgan fingerprint density at radius 1 is 1.25 bits per heavy atom.